The molecule has 0 aliphatic heterocycles. The fourth-order valence-corrected chi connectivity index (χ4v) is 3.08. The van der Waals surface area contributed by atoms with Crippen LogP contribution in [0, 0.1) is 4.77 Å². The van der Waals surface area contributed by atoms with Gasteiger partial charge in [0.15, 0.2) is 4.77 Å². The van der Waals surface area contributed by atoms with Gasteiger partial charge in [0.2, 0.25) is 0 Å². The summed E-state index contributed by atoms with van der Waals surface area (Å²) >= 11 is 14.9. The van der Waals surface area contributed by atoms with E-state index in [1.807, 2.05) is 41.0 Å². The lowest BCUT2D eigenvalue weighted by Crippen LogP contribution is -1.95. The topological polar surface area (TPSA) is 29.9 Å². The second-order valence-corrected chi connectivity index (χ2v) is 6.02. The lowest BCUT2D eigenvalue weighted by molar-refractivity contribution is 0.414. The molecule has 1 heterocycles. The Kier molecular flexibility index (Phi) is 3.58. The number of fused-ring (bicyclic) bond motifs is 1. The van der Waals surface area contributed by atoms with Crippen LogP contribution in [-0.2, 0) is 0 Å². The number of hydrogen-bond donors (Lipinski definition) is 1. The second kappa shape index (κ2) is 5.24. The maximum absolute atomic E-state index is 6.01. The molecule has 0 unspecified atom stereocenters. The predicted molar refractivity (Wildman–Crippen MR) is 87.7 cm³/mol. The number of methoxy groups -OCH3 is 1. The number of aromatic amines is 1. The van der Waals surface area contributed by atoms with Crippen LogP contribution in [0.4, 0.5) is 0 Å². The highest BCUT2D eigenvalue weighted by Crippen LogP contribution is 2.27. The van der Waals surface area contributed by atoms with Crippen LogP contribution in [0.25, 0.3) is 16.7 Å². The number of imidazole rings is 1. The molecule has 1 N–H and O–H groups in total. The standard InChI is InChI=1S/C14H10BrClN2OS/c1-19-11-5-8(15)4-10(7-11)18-13-3-2-9(16)6-12(13)17-14(18)20/h2-7H,1H3,(H,17,20). The zero-order chi connectivity index (χ0) is 14.3. The summed E-state index contributed by atoms with van der Waals surface area (Å²) in [5.41, 5.74) is 2.80. The summed E-state index contributed by atoms with van der Waals surface area (Å²) in [5.74, 6) is 0.764. The quantitative estimate of drug-likeness (QED) is 0.636. The number of halogens is 2. The van der Waals surface area contributed by atoms with Gasteiger partial charge in [0.05, 0.1) is 23.8 Å². The number of rotatable bonds is 2. The summed E-state index contributed by atoms with van der Waals surface area (Å²) in [7, 11) is 1.64. The first kappa shape index (κ1) is 13.7. The van der Waals surface area contributed by atoms with Gasteiger partial charge in [0, 0.05) is 15.6 Å². The largest absolute Gasteiger partial charge is 0.497 e. The molecule has 3 nitrogen and oxygen atoms in total. The van der Waals surface area contributed by atoms with E-state index in [1.165, 1.54) is 0 Å². The molecule has 0 aliphatic carbocycles. The van der Waals surface area contributed by atoms with Crippen molar-refractivity contribution in [2.24, 2.45) is 0 Å². The Balaban J connectivity index is 2.32. The lowest BCUT2D eigenvalue weighted by atomic mass is 10.2. The average Bonchev–Trinajstić information content (AvgIpc) is 2.72. The minimum Gasteiger partial charge on any atom is -0.497 e. The number of ether oxygens (including phenoxy) is 1. The van der Waals surface area contributed by atoms with Crippen LogP contribution in [0.1, 0.15) is 0 Å². The van der Waals surface area contributed by atoms with Crippen LogP contribution in [0.5, 0.6) is 5.75 Å². The molecule has 3 aromatic rings. The predicted octanol–water partition coefficient (Wildman–Crippen LogP) is 5.11. The number of hydrogen-bond acceptors (Lipinski definition) is 2. The van der Waals surface area contributed by atoms with E-state index in [-0.39, 0.29) is 0 Å². The molecular formula is C14H10BrClN2OS. The van der Waals surface area contributed by atoms with Crippen LogP contribution in [0.15, 0.2) is 40.9 Å². The number of aromatic nitrogens is 2. The summed E-state index contributed by atoms with van der Waals surface area (Å²) < 4.78 is 8.79. The molecule has 0 radical (unpaired) electrons. The Bertz CT molecular complexity index is 856. The van der Waals surface area contributed by atoms with E-state index in [9.17, 15) is 0 Å². The maximum atomic E-state index is 6.01. The molecule has 0 atom stereocenters. The third-order valence-electron chi connectivity index (χ3n) is 2.99. The Morgan fingerprint density at radius 3 is 2.80 bits per heavy atom. The Morgan fingerprint density at radius 1 is 1.25 bits per heavy atom. The van der Waals surface area contributed by atoms with Crippen molar-refractivity contribution in [2.45, 2.75) is 0 Å². The van der Waals surface area contributed by atoms with Gasteiger partial charge in [0.25, 0.3) is 0 Å². The van der Waals surface area contributed by atoms with E-state index < -0.39 is 0 Å². The SMILES string of the molecule is COc1cc(Br)cc(-n2c(=S)[nH]c3cc(Cl)ccc32)c1. The molecule has 0 spiro atoms. The molecular weight excluding hydrogens is 360 g/mol. The van der Waals surface area contributed by atoms with Gasteiger partial charge in [-0.3, -0.25) is 4.57 Å². The van der Waals surface area contributed by atoms with Gasteiger partial charge in [-0.15, -0.1) is 0 Å². The molecule has 1 aromatic heterocycles. The zero-order valence-corrected chi connectivity index (χ0v) is 13.6. The van der Waals surface area contributed by atoms with Crippen molar-refractivity contribution in [1.29, 1.82) is 0 Å². The summed E-state index contributed by atoms with van der Waals surface area (Å²) in [5, 5.41) is 0.674. The fourth-order valence-electron chi connectivity index (χ4n) is 2.14. The molecule has 0 fully saturated rings. The third-order valence-corrected chi connectivity index (χ3v) is 3.97. The number of benzene rings is 2. The van der Waals surface area contributed by atoms with E-state index in [1.54, 1.807) is 7.11 Å². The van der Waals surface area contributed by atoms with Crippen LogP contribution in [-0.4, -0.2) is 16.7 Å². The molecule has 6 heteroatoms. The fraction of sp³-hybridized carbons (Fsp3) is 0.0714. The first-order valence-electron chi connectivity index (χ1n) is 5.84. The van der Waals surface area contributed by atoms with Crippen molar-refractivity contribution < 1.29 is 4.74 Å². The minimum absolute atomic E-state index is 0.613. The highest BCUT2D eigenvalue weighted by atomic mass is 79.9. The smallest absolute Gasteiger partial charge is 0.182 e. The van der Waals surface area contributed by atoms with Crippen LogP contribution < -0.4 is 4.74 Å². The zero-order valence-electron chi connectivity index (χ0n) is 10.5. The highest BCUT2D eigenvalue weighted by molar-refractivity contribution is 9.10. The van der Waals surface area contributed by atoms with Crippen LogP contribution in [0.3, 0.4) is 0 Å². The van der Waals surface area contributed by atoms with Crippen molar-refractivity contribution in [1.82, 2.24) is 9.55 Å². The van der Waals surface area contributed by atoms with Crippen molar-refractivity contribution in [3.05, 3.63) is 50.7 Å². The second-order valence-electron chi connectivity index (χ2n) is 4.28. The van der Waals surface area contributed by atoms with Gasteiger partial charge in [-0.25, -0.2) is 0 Å². The Hall–Kier alpha value is -1.30. The van der Waals surface area contributed by atoms with Gasteiger partial charge < -0.3 is 9.72 Å². The lowest BCUT2D eigenvalue weighted by Gasteiger charge is -2.08. The Labute approximate surface area is 134 Å². The molecule has 0 saturated carbocycles. The number of nitrogens with one attached hydrogen (secondary N) is 1. The van der Waals surface area contributed by atoms with Crippen molar-refractivity contribution in [3.8, 4) is 11.4 Å². The summed E-state index contributed by atoms with van der Waals surface area (Å²) in [4.78, 5) is 3.16. The Morgan fingerprint density at radius 2 is 2.05 bits per heavy atom. The van der Waals surface area contributed by atoms with Crippen molar-refractivity contribution in [3.63, 3.8) is 0 Å². The van der Waals surface area contributed by atoms with Crippen molar-refractivity contribution in [2.75, 3.05) is 7.11 Å². The maximum Gasteiger partial charge on any atom is 0.182 e. The molecule has 20 heavy (non-hydrogen) atoms. The normalized spacial score (nSPS) is 10.9. The average molecular weight is 370 g/mol. The molecule has 0 aliphatic rings. The van der Waals surface area contributed by atoms with E-state index >= 15 is 0 Å². The summed E-state index contributed by atoms with van der Waals surface area (Å²) in [6.07, 6.45) is 0. The van der Waals surface area contributed by atoms with Gasteiger partial charge in [-0.2, -0.15) is 0 Å². The molecule has 0 bridgehead atoms. The van der Waals surface area contributed by atoms with Crippen LogP contribution >= 0.6 is 39.7 Å². The summed E-state index contributed by atoms with van der Waals surface area (Å²) in [6.45, 7) is 0. The summed E-state index contributed by atoms with van der Waals surface area (Å²) in [6, 6.07) is 11.5. The third kappa shape index (κ3) is 2.37. The van der Waals surface area contributed by atoms with E-state index in [0.29, 0.717) is 9.79 Å². The van der Waals surface area contributed by atoms with Gasteiger partial charge in [-0.1, -0.05) is 27.5 Å². The monoisotopic (exact) mass is 368 g/mol. The number of H-pyrrole nitrogens is 1. The van der Waals surface area contributed by atoms with Gasteiger partial charge in [-0.05, 0) is 42.5 Å². The first-order chi connectivity index (χ1) is 9.58. The molecule has 0 saturated heterocycles. The van der Waals surface area contributed by atoms with Gasteiger partial charge >= 0.3 is 0 Å². The van der Waals surface area contributed by atoms with Crippen molar-refractivity contribution >= 4 is 50.8 Å². The van der Waals surface area contributed by atoms with Crippen LogP contribution in [0.2, 0.25) is 5.02 Å². The van der Waals surface area contributed by atoms with E-state index in [2.05, 4.69) is 20.9 Å². The molecule has 2 aromatic carbocycles. The molecule has 0 amide bonds. The molecule has 3 rings (SSSR count). The number of nitrogens with zero attached hydrogens (tertiary/aromatic N) is 1. The highest BCUT2D eigenvalue weighted by Gasteiger charge is 2.09. The van der Waals surface area contributed by atoms with E-state index in [0.717, 1.165) is 26.9 Å². The van der Waals surface area contributed by atoms with E-state index in [4.69, 9.17) is 28.6 Å². The minimum atomic E-state index is 0.613. The van der Waals surface area contributed by atoms with Gasteiger partial charge in [0.1, 0.15) is 5.75 Å². The molecule has 102 valence electrons. The first-order valence-corrected chi connectivity index (χ1v) is 7.41.